The molecule has 0 saturated heterocycles. The number of aldehydes is 1. The van der Waals surface area contributed by atoms with E-state index in [0.717, 1.165) is 63.8 Å². The number of aliphatic hydroxyl groups excluding tert-OH is 1. The van der Waals surface area contributed by atoms with Crippen LogP contribution in [0.4, 0.5) is 0 Å². The molecule has 0 amide bonds. The molecule has 40 heavy (non-hydrogen) atoms. The minimum Gasteiger partial charge on any atom is -0.466 e. The van der Waals surface area contributed by atoms with Gasteiger partial charge >= 0.3 is 5.97 Å². The van der Waals surface area contributed by atoms with E-state index in [2.05, 4.69) is 18.7 Å². The van der Waals surface area contributed by atoms with E-state index in [4.69, 9.17) is 9.84 Å². The van der Waals surface area contributed by atoms with E-state index in [1.165, 1.54) is 116 Å². The Bertz CT molecular complexity index is 518. The molecule has 238 valence electrons. The van der Waals surface area contributed by atoms with Crippen molar-refractivity contribution in [2.24, 2.45) is 5.92 Å². The second kappa shape index (κ2) is 32.6. The van der Waals surface area contributed by atoms with Gasteiger partial charge in [-0.1, -0.05) is 117 Å². The van der Waals surface area contributed by atoms with E-state index in [9.17, 15) is 9.59 Å². The molecule has 0 heterocycles. The summed E-state index contributed by atoms with van der Waals surface area (Å²) in [5.41, 5.74) is 0. The zero-order chi connectivity index (χ0) is 29.4. The molecule has 0 fully saturated rings. The Kier molecular flexibility index (Phi) is 31.8. The number of hydrogen-bond acceptors (Lipinski definition) is 5. The summed E-state index contributed by atoms with van der Waals surface area (Å²) in [6, 6.07) is 0. The summed E-state index contributed by atoms with van der Waals surface area (Å²) >= 11 is 0. The van der Waals surface area contributed by atoms with Crippen molar-refractivity contribution in [3.63, 3.8) is 0 Å². The summed E-state index contributed by atoms with van der Waals surface area (Å²) in [6.07, 6.45) is 30.0. The van der Waals surface area contributed by atoms with Crippen LogP contribution in [-0.2, 0) is 14.3 Å². The van der Waals surface area contributed by atoms with Crippen molar-refractivity contribution >= 4 is 12.3 Å². The maximum atomic E-state index is 12.2. The molecule has 0 atom stereocenters. The van der Waals surface area contributed by atoms with Crippen LogP contribution in [0.3, 0.4) is 0 Å². The minimum absolute atomic E-state index is 0.000325. The van der Waals surface area contributed by atoms with Gasteiger partial charge in [0, 0.05) is 19.4 Å². The Morgan fingerprint density at radius 1 is 0.650 bits per heavy atom. The topological polar surface area (TPSA) is 66.8 Å². The predicted octanol–water partition coefficient (Wildman–Crippen LogP) is 9.43. The molecule has 0 aromatic rings. The number of unbranched alkanes of at least 4 members (excludes halogenated alkanes) is 16. The van der Waals surface area contributed by atoms with Crippen LogP contribution >= 0.6 is 0 Å². The summed E-state index contributed by atoms with van der Waals surface area (Å²) in [7, 11) is 0. The van der Waals surface area contributed by atoms with Crippen LogP contribution in [0.5, 0.6) is 0 Å². The summed E-state index contributed by atoms with van der Waals surface area (Å²) in [4.78, 5) is 25.2. The lowest BCUT2D eigenvalue weighted by atomic mass is 9.92. The fraction of sp³-hybridized carbons (Fsp3) is 0.943. The molecule has 0 aliphatic heterocycles. The molecule has 0 radical (unpaired) electrons. The van der Waals surface area contributed by atoms with Crippen LogP contribution in [0.15, 0.2) is 0 Å². The average molecular weight is 568 g/mol. The second-order valence-corrected chi connectivity index (χ2v) is 12.1. The van der Waals surface area contributed by atoms with Gasteiger partial charge < -0.3 is 19.5 Å². The van der Waals surface area contributed by atoms with Crippen molar-refractivity contribution in [1.29, 1.82) is 0 Å². The van der Waals surface area contributed by atoms with Gasteiger partial charge in [0.2, 0.25) is 0 Å². The molecule has 0 aromatic heterocycles. The Labute approximate surface area is 249 Å². The van der Waals surface area contributed by atoms with Crippen molar-refractivity contribution in [2.45, 2.75) is 174 Å². The molecular weight excluding hydrogens is 498 g/mol. The van der Waals surface area contributed by atoms with Gasteiger partial charge in [0.25, 0.3) is 0 Å². The monoisotopic (exact) mass is 568 g/mol. The van der Waals surface area contributed by atoms with Crippen molar-refractivity contribution in [2.75, 3.05) is 32.8 Å². The van der Waals surface area contributed by atoms with Gasteiger partial charge in [-0.15, -0.1) is 0 Å². The highest BCUT2D eigenvalue weighted by Gasteiger charge is 2.11. The molecule has 5 heteroatoms. The average Bonchev–Trinajstić information content (AvgIpc) is 2.95. The molecule has 0 aromatic carbocycles. The van der Waals surface area contributed by atoms with E-state index < -0.39 is 0 Å². The van der Waals surface area contributed by atoms with Crippen LogP contribution in [0.2, 0.25) is 0 Å². The Hall–Kier alpha value is -0.940. The van der Waals surface area contributed by atoms with Crippen LogP contribution < -0.4 is 0 Å². The molecule has 0 bridgehead atoms. The van der Waals surface area contributed by atoms with Crippen molar-refractivity contribution in [3.8, 4) is 0 Å². The number of esters is 1. The summed E-state index contributed by atoms with van der Waals surface area (Å²) in [5.74, 6) is 0.724. The lowest BCUT2D eigenvalue weighted by molar-refractivity contribution is -0.144. The largest absolute Gasteiger partial charge is 0.466 e. The second-order valence-electron chi connectivity index (χ2n) is 12.1. The Morgan fingerprint density at radius 3 is 1.68 bits per heavy atom. The van der Waals surface area contributed by atoms with Gasteiger partial charge in [-0.25, -0.2) is 0 Å². The zero-order valence-corrected chi connectivity index (χ0v) is 27.0. The molecular formula is C35H69NO4. The van der Waals surface area contributed by atoms with Crippen molar-refractivity contribution in [1.82, 2.24) is 4.90 Å². The molecule has 1 N–H and O–H groups in total. The molecule has 0 unspecified atom stereocenters. The van der Waals surface area contributed by atoms with Gasteiger partial charge in [0.1, 0.15) is 6.29 Å². The highest BCUT2D eigenvalue weighted by Crippen LogP contribution is 2.21. The Balaban J connectivity index is 3.86. The maximum absolute atomic E-state index is 12.2. The van der Waals surface area contributed by atoms with Crippen LogP contribution in [0.25, 0.3) is 0 Å². The molecule has 0 spiro atoms. The predicted molar refractivity (Wildman–Crippen MR) is 171 cm³/mol. The van der Waals surface area contributed by atoms with Gasteiger partial charge in [0.15, 0.2) is 0 Å². The van der Waals surface area contributed by atoms with E-state index in [1.54, 1.807) is 0 Å². The molecule has 0 aliphatic carbocycles. The van der Waals surface area contributed by atoms with E-state index in [1.807, 2.05) is 0 Å². The number of hydrogen-bond donors (Lipinski definition) is 1. The Morgan fingerprint density at radius 2 is 1.15 bits per heavy atom. The van der Waals surface area contributed by atoms with Crippen molar-refractivity contribution in [3.05, 3.63) is 0 Å². The number of nitrogens with zero attached hydrogens (tertiary/aromatic N) is 1. The first-order chi connectivity index (χ1) is 19.7. The van der Waals surface area contributed by atoms with E-state index >= 15 is 0 Å². The maximum Gasteiger partial charge on any atom is 0.305 e. The summed E-state index contributed by atoms with van der Waals surface area (Å²) in [6.45, 7) is 8.85. The smallest absolute Gasteiger partial charge is 0.305 e. The van der Waals surface area contributed by atoms with Gasteiger partial charge in [-0.2, -0.15) is 0 Å². The fourth-order valence-electron chi connectivity index (χ4n) is 5.58. The molecule has 0 saturated carbocycles. The molecule has 0 aliphatic rings. The summed E-state index contributed by atoms with van der Waals surface area (Å²) in [5, 5.41) is 9.13. The fourth-order valence-corrected chi connectivity index (χ4v) is 5.58. The quantitative estimate of drug-likeness (QED) is 0.0486. The third-order valence-corrected chi connectivity index (χ3v) is 8.26. The van der Waals surface area contributed by atoms with Crippen LogP contribution in [-0.4, -0.2) is 55.1 Å². The molecule has 0 rings (SSSR count). The highest BCUT2D eigenvalue weighted by molar-refractivity contribution is 5.69. The lowest BCUT2D eigenvalue weighted by Crippen LogP contribution is -2.27. The van der Waals surface area contributed by atoms with Crippen molar-refractivity contribution < 1.29 is 19.4 Å². The van der Waals surface area contributed by atoms with Crippen LogP contribution in [0, 0.1) is 5.92 Å². The normalized spacial score (nSPS) is 11.5. The highest BCUT2D eigenvalue weighted by atomic mass is 16.5. The first-order valence-electron chi connectivity index (χ1n) is 17.6. The van der Waals surface area contributed by atoms with Crippen LogP contribution in [0.1, 0.15) is 174 Å². The van der Waals surface area contributed by atoms with E-state index in [0.29, 0.717) is 26.1 Å². The van der Waals surface area contributed by atoms with Gasteiger partial charge in [-0.05, 0) is 70.5 Å². The third-order valence-electron chi connectivity index (χ3n) is 8.26. The number of aliphatic hydroxyl groups is 1. The zero-order valence-electron chi connectivity index (χ0n) is 27.0. The van der Waals surface area contributed by atoms with Gasteiger partial charge in [0.05, 0.1) is 6.61 Å². The number of rotatable bonds is 33. The number of carbonyl (C=O) groups excluding carboxylic acids is 2. The minimum atomic E-state index is 0.000325. The first kappa shape index (κ1) is 39.1. The summed E-state index contributed by atoms with van der Waals surface area (Å²) < 4.78 is 5.59. The standard InChI is InChI=1S/C35H69NO4/c1-3-5-16-24-34(25-17-6-4-2)27-33-40-35(39)26-18-12-8-10-14-20-29-36(30-21-23-32-38)28-19-13-9-7-11-15-22-31-37/h31,34,38H,3-30,32-33H2,1-2H3. The number of ether oxygens (including phenoxy) is 1. The number of carbonyl (C=O) groups is 2. The van der Waals surface area contributed by atoms with E-state index in [-0.39, 0.29) is 5.97 Å². The SMILES string of the molecule is CCCCCC(CCCCC)CCOC(=O)CCCCCCCCN(CCCCO)CCCCCCCCC=O. The lowest BCUT2D eigenvalue weighted by Gasteiger charge is -2.22. The first-order valence-corrected chi connectivity index (χ1v) is 17.6. The third kappa shape index (κ3) is 28.6. The molecule has 5 nitrogen and oxygen atoms in total. The van der Waals surface area contributed by atoms with Gasteiger partial charge in [-0.3, -0.25) is 4.79 Å².